The molecule has 4 heteroatoms. The van der Waals surface area contributed by atoms with Gasteiger partial charge in [-0.1, -0.05) is 38.8 Å². The fourth-order valence-electron chi connectivity index (χ4n) is 3.50. The number of rotatable bonds is 17. The normalized spacial score (nSPS) is 13.4. The van der Waals surface area contributed by atoms with E-state index in [-0.39, 0.29) is 12.5 Å². The first kappa shape index (κ1) is 24.1. The summed E-state index contributed by atoms with van der Waals surface area (Å²) in [6.45, 7) is 10.5. The van der Waals surface area contributed by atoms with Crippen molar-refractivity contribution < 1.29 is 19.5 Å². The number of carbonyl (C=O) groups is 1. The van der Waals surface area contributed by atoms with Gasteiger partial charge in [-0.3, -0.25) is 4.79 Å². The Labute approximate surface area is 155 Å². The molecule has 0 radical (unpaired) electrons. The third-order valence-corrected chi connectivity index (χ3v) is 4.99. The van der Waals surface area contributed by atoms with Crippen molar-refractivity contribution in [3.05, 3.63) is 12.2 Å². The second-order valence-electron chi connectivity index (χ2n) is 7.41. The average Bonchev–Trinajstić information content (AvgIpc) is 2.58. The van der Waals surface area contributed by atoms with Gasteiger partial charge in [-0.25, -0.2) is 0 Å². The highest BCUT2D eigenvalue weighted by Crippen LogP contribution is 2.18. The highest BCUT2D eigenvalue weighted by Gasteiger charge is 2.29. The lowest BCUT2D eigenvalue weighted by Crippen LogP contribution is -2.54. The van der Waals surface area contributed by atoms with Crippen LogP contribution in [0.4, 0.5) is 0 Å². The lowest BCUT2D eigenvalue weighted by molar-refractivity contribution is -0.931. The zero-order chi connectivity index (χ0) is 19.0. The Morgan fingerprint density at radius 1 is 1.00 bits per heavy atom. The summed E-state index contributed by atoms with van der Waals surface area (Å²) in [7, 11) is 0. The van der Waals surface area contributed by atoms with Gasteiger partial charge in [-0.15, -0.1) is 0 Å². The Morgan fingerprint density at radius 3 is 2.12 bits per heavy atom. The third kappa shape index (κ3) is 13.1. The van der Waals surface area contributed by atoms with Crippen molar-refractivity contribution in [2.75, 3.05) is 26.2 Å². The first-order chi connectivity index (χ1) is 12.0. The monoisotopic (exact) mass is 356 g/mol. The van der Waals surface area contributed by atoms with Gasteiger partial charge in [0.25, 0.3) is 0 Å². The molecule has 0 saturated heterocycles. The van der Waals surface area contributed by atoms with Gasteiger partial charge in [0.15, 0.2) is 0 Å². The molecule has 1 unspecified atom stereocenters. The van der Waals surface area contributed by atoms with Crippen molar-refractivity contribution in [1.29, 1.82) is 0 Å². The van der Waals surface area contributed by atoms with Crippen LogP contribution in [0.5, 0.6) is 0 Å². The molecule has 0 spiro atoms. The van der Waals surface area contributed by atoms with Crippen LogP contribution in [-0.4, -0.2) is 52.9 Å². The quantitative estimate of drug-likeness (QED) is 0.224. The Morgan fingerprint density at radius 2 is 1.60 bits per heavy atom. The van der Waals surface area contributed by atoms with E-state index in [1.54, 1.807) is 0 Å². The molecule has 0 aliphatic heterocycles. The van der Waals surface area contributed by atoms with Gasteiger partial charge in [0, 0.05) is 6.42 Å². The fourth-order valence-corrected chi connectivity index (χ4v) is 3.50. The average molecular weight is 357 g/mol. The Bertz CT molecular complexity index is 347. The van der Waals surface area contributed by atoms with Crippen molar-refractivity contribution in [2.45, 2.75) is 91.1 Å². The number of hydrogen-bond donors (Lipinski definition) is 2. The minimum Gasteiger partial charge on any atom is -0.481 e. The van der Waals surface area contributed by atoms with Gasteiger partial charge >= 0.3 is 5.97 Å². The van der Waals surface area contributed by atoms with E-state index in [1.165, 1.54) is 25.7 Å². The summed E-state index contributed by atoms with van der Waals surface area (Å²) in [5, 5.41) is 19.5. The van der Waals surface area contributed by atoms with Gasteiger partial charge in [0.05, 0.1) is 19.6 Å². The number of allylic oxidation sites excluding steroid dienone is 2. The zero-order valence-corrected chi connectivity index (χ0v) is 16.9. The molecule has 0 bridgehead atoms. The van der Waals surface area contributed by atoms with E-state index >= 15 is 0 Å². The topological polar surface area (TPSA) is 57.5 Å². The van der Waals surface area contributed by atoms with Crippen LogP contribution in [-0.2, 0) is 4.79 Å². The van der Waals surface area contributed by atoms with Crippen LogP contribution in [0.1, 0.15) is 85.0 Å². The molecule has 0 fully saturated rings. The number of aliphatic hydroxyl groups is 1. The predicted octanol–water partition coefficient (Wildman–Crippen LogP) is 4.77. The van der Waals surface area contributed by atoms with Crippen LogP contribution in [0.3, 0.4) is 0 Å². The maximum Gasteiger partial charge on any atom is 0.303 e. The zero-order valence-electron chi connectivity index (χ0n) is 16.9. The molecule has 148 valence electrons. The van der Waals surface area contributed by atoms with Gasteiger partial charge in [-0.05, 0) is 51.9 Å². The van der Waals surface area contributed by atoms with Crippen LogP contribution in [0.25, 0.3) is 0 Å². The molecule has 4 nitrogen and oxygen atoms in total. The minimum absolute atomic E-state index is 0.251. The number of aliphatic carboxylic acids is 1. The van der Waals surface area contributed by atoms with Crippen LogP contribution in [0.2, 0.25) is 0 Å². The number of carboxylic acid groups (broad SMARTS) is 1. The summed E-state index contributed by atoms with van der Waals surface area (Å²) in [6, 6.07) is 0. The molecule has 0 saturated carbocycles. The van der Waals surface area contributed by atoms with E-state index in [2.05, 4.69) is 26.0 Å². The first-order valence-corrected chi connectivity index (χ1v) is 10.4. The minimum atomic E-state index is -0.704. The summed E-state index contributed by atoms with van der Waals surface area (Å²) < 4.78 is 0.964. The molecule has 0 aromatic rings. The number of quaternary nitrogens is 1. The first-order valence-electron chi connectivity index (χ1n) is 10.4. The predicted molar refractivity (Wildman–Crippen MR) is 106 cm³/mol. The molecule has 2 N–H and O–H groups in total. The highest BCUT2D eigenvalue weighted by atomic mass is 16.4. The van der Waals surface area contributed by atoms with E-state index in [0.29, 0.717) is 0 Å². The van der Waals surface area contributed by atoms with E-state index in [0.717, 1.165) is 62.8 Å². The molecule has 25 heavy (non-hydrogen) atoms. The standard InChI is InChI=1S/C21H41NO3/c1-4-7-10-11-14-20(23)19-22(16-8-5-2,17-9-6-3)18-13-12-15-21(24)25/h4,7,20,23H,5-6,8-19H2,1-3H3/p+1/b7-4+. The number of hydrogen-bond acceptors (Lipinski definition) is 2. The van der Waals surface area contributed by atoms with Gasteiger partial charge in [0.1, 0.15) is 12.6 Å². The van der Waals surface area contributed by atoms with Crippen LogP contribution in [0.15, 0.2) is 12.2 Å². The summed E-state index contributed by atoms with van der Waals surface area (Å²) in [4.78, 5) is 10.8. The lowest BCUT2D eigenvalue weighted by atomic mass is 10.1. The largest absolute Gasteiger partial charge is 0.481 e. The van der Waals surface area contributed by atoms with Crippen molar-refractivity contribution in [2.24, 2.45) is 0 Å². The van der Waals surface area contributed by atoms with Crippen molar-refractivity contribution >= 4 is 5.97 Å². The van der Waals surface area contributed by atoms with E-state index < -0.39 is 5.97 Å². The molecule has 1 atom stereocenters. The van der Waals surface area contributed by atoms with Crippen molar-refractivity contribution in [3.8, 4) is 0 Å². The molecule has 0 amide bonds. The molecule has 0 heterocycles. The maximum absolute atomic E-state index is 10.8. The Hall–Kier alpha value is -0.870. The van der Waals surface area contributed by atoms with E-state index in [4.69, 9.17) is 5.11 Å². The third-order valence-electron chi connectivity index (χ3n) is 4.99. The number of unbranched alkanes of at least 4 members (excludes halogenated alkanes) is 4. The Balaban J connectivity index is 4.74. The number of carboxylic acids is 1. The second kappa shape index (κ2) is 15.4. The van der Waals surface area contributed by atoms with Crippen molar-refractivity contribution in [3.63, 3.8) is 0 Å². The van der Waals surface area contributed by atoms with Gasteiger partial charge in [-0.2, -0.15) is 0 Å². The van der Waals surface area contributed by atoms with Crippen LogP contribution in [0, 0.1) is 0 Å². The van der Waals surface area contributed by atoms with Crippen molar-refractivity contribution in [1.82, 2.24) is 0 Å². The summed E-state index contributed by atoms with van der Waals surface area (Å²) >= 11 is 0. The summed E-state index contributed by atoms with van der Waals surface area (Å²) in [5.74, 6) is -0.704. The maximum atomic E-state index is 10.8. The van der Waals surface area contributed by atoms with E-state index in [9.17, 15) is 9.90 Å². The SMILES string of the molecule is C/C=C/CCCC(O)C[N+](CCCC)(CCCC)CCCCC(=O)O. The molecule has 0 aliphatic rings. The lowest BCUT2D eigenvalue weighted by Gasteiger charge is -2.40. The number of nitrogens with zero attached hydrogens (tertiary/aromatic N) is 1. The molecule has 0 aromatic heterocycles. The smallest absolute Gasteiger partial charge is 0.303 e. The van der Waals surface area contributed by atoms with Crippen LogP contribution < -0.4 is 0 Å². The molecular weight excluding hydrogens is 314 g/mol. The summed E-state index contributed by atoms with van der Waals surface area (Å²) in [5.41, 5.74) is 0. The van der Waals surface area contributed by atoms with Crippen LogP contribution >= 0.6 is 0 Å². The summed E-state index contributed by atoms with van der Waals surface area (Å²) in [6.07, 6.45) is 13.5. The number of aliphatic hydroxyl groups excluding tert-OH is 1. The van der Waals surface area contributed by atoms with Gasteiger partial charge in [0.2, 0.25) is 0 Å². The Kier molecular flexibility index (Phi) is 14.9. The fraction of sp³-hybridized carbons (Fsp3) is 0.857. The molecule has 0 aromatic carbocycles. The second-order valence-corrected chi connectivity index (χ2v) is 7.41. The highest BCUT2D eigenvalue weighted by molar-refractivity contribution is 5.66. The van der Waals surface area contributed by atoms with Gasteiger partial charge < -0.3 is 14.7 Å². The molecule has 0 rings (SSSR count). The van der Waals surface area contributed by atoms with E-state index in [1.807, 2.05) is 6.92 Å². The molecule has 0 aliphatic carbocycles. The molecular formula is C21H42NO3+.